The minimum Gasteiger partial charge on any atom is -0.473 e. The molecule has 3 aromatic carbocycles. The zero-order chi connectivity index (χ0) is 21.6. The molecule has 0 saturated heterocycles. The molecule has 0 aliphatic rings. The van der Waals surface area contributed by atoms with Crippen molar-refractivity contribution in [2.75, 3.05) is 5.73 Å². The number of aromatic nitrogens is 1. The minimum absolute atomic E-state index is 0.0824. The highest BCUT2D eigenvalue weighted by molar-refractivity contribution is 5.75. The average Bonchev–Trinajstić information content (AvgIpc) is 2.80. The lowest BCUT2D eigenvalue weighted by Gasteiger charge is -2.15. The fourth-order valence-electron chi connectivity index (χ4n) is 3.26. The SMILES string of the molecule is Cc1cc(F)c(N)cc1-c1ccc(OCc2ccccc2)nc1OCc1ccccc1. The second-order valence-electron chi connectivity index (χ2n) is 7.24. The molecule has 0 amide bonds. The largest absolute Gasteiger partial charge is 0.473 e. The summed E-state index contributed by atoms with van der Waals surface area (Å²) < 4.78 is 25.8. The van der Waals surface area contributed by atoms with E-state index in [1.807, 2.05) is 73.7 Å². The number of halogens is 1. The van der Waals surface area contributed by atoms with Crippen LogP contribution in [0, 0.1) is 12.7 Å². The van der Waals surface area contributed by atoms with E-state index < -0.39 is 5.82 Å². The van der Waals surface area contributed by atoms with Crippen molar-refractivity contribution in [2.45, 2.75) is 20.1 Å². The number of hydrogen-bond donors (Lipinski definition) is 1. The van der Waals surface area contributed by atoms with Gasteiger partial charge in [-0.25, -0.2) is 4.39 Å². The zero-order valence-electron chi connectivity index (χ0n) is 17.2. The van der Waals surface area contributed by atoms with Crippen molar-refractivity contribution in [3.8, 4) is 22.9 Å². The van der Waals surface area contributed by atoms with Crippen LogP contribution in [0.15, 0.2) is 84.9 Å². The average molecular weight is 414 g/mol. The summed E-state index contributed by atoms with van der Waals surface area (Å²) in [6, 6.07) is 26.4. The topological polar surface area (TPSA) is 57.4 Å². The monoisotopic (exact) mass is 414 g/mol. The molecule has 1 heterocycles. The van der Waals surface area contributed by atoms with Gasteiger partial charge in [-0.1, -0.05) is 60.7 Å². The second-order valence-corrected chi connectivity index (χ2v) is 7.24. The summed E-state index contributed by atoms with van der Waals surface area (Å²) in [6.07, 6.45) is 0. The number of nitrogen functional groups attached to an aromatic ring is 1. The highest BCUT2D eigenvalue weighted by Gasteiger charge is 2.15. The highest BCUT2D eigenvalue weighted by Crippen LogP contribution is 2.35. The summed E-state index contributed by atoms with van der Waals surface area (Å²) in [5, 5.41) is 0. The summed E-state index contributed by atoms with van der Waals surface area (Å²) >= 11 is 0. The molecule has 0 atom stereocenters. The molecule has 0 fully saturated rings. The maximum atomic E-state index is 13.9. The van der Waals surface area contributed by atoms with Gasteiger partial charge < -0.3 is 15.2 Å². The predicted octanol–water partition coefficient (Wildman–Crippen LogP) is 5.94. The van der Waals surface area contributed by atoms with Crippen molar-refractivity contribution in [3.05, 3.63) is 107 Å². The van der Waals surface area contributed by atoms with Crippen LogP contribution in [0.2, 0.25) is 0 Å². The van der Waals surface area contributed by atoms with Crippen LogP contribution in [0.5, 0.6) is 11.8 Å². The molecule has 4 nitrogen and oxygen atoms in total. The van der Waals surface area contributed by atoms with Crippen LogP contribution in [-0.2, 0) is 13.2 Å². The molecule has 0 aliphatic heterocycles. The van der Waals surface area contributed by atoms with E-state index in [0.717, 1.165) is 27.8 Å². The maximum Gasteiger partial charge on any atom is 0.225 e. The summed E-state index contributed by atoms with van der Waals surface area (Å²) in [6.45, 7) is 2.57. The van der Waals surface area contributed by atoms with Crippen LogP contribution in [0.1, 0.15) is 16.7 Å². The zero-order valence-corrected chi connectivity index (χ0v) is 17.2. The molecule has 2 N–H and O–H groups in total. The van der Waals surface area contributed by atoms with E-state index >= 15 is 0 Å². The number of ether oxygens (including phenoxy) is 2. The molecule has 4 rings (SSSR count). The van der Waals surface area contributed by atoms with Gasteiger partial charge in [0, 0.05) is 11.6 Å². The molecule has 31 heavy (non-hydrogen) atoms. The van der Waals surface area contributed by atoms with Crippen molar-refractivity contribution in [3.63, 3.8) is 0 Å². The Kier molecular flexibility index (Phi) is 6.13. The van der Waals surface area contributed by atoms with E-state index in [2.05, 4.69) is 4.98 Å². The van der Waals surface area contributed by atoms with Gasteiger partial charge >= 0.3 is 0 Å². The number of nitrogens with two attached hydrogens (primary N) is 1. The lowest BCUT2D eigenvalue weighted by atomic mass is 10.0. The van der Waals surface area contributed by atoms with Gasteiger partial charge in [-0.2, -0.15) is 4.98 Å². The quantitative estimate of drug-likeness (QED) is 0.381. The second kappa shape index (κ2) is 9.30. The fraction of sp³-hybridized carbons (Fsp3) is 0.115. The molecular formula is C26H23FN2O2. The Morgan fingerprint density at radius 2 is 1.39 bits per heavy atom. The van der Waals surface area contributed by atoms with Crippen LogP contribution in [0.3, 0.4) is 0 Å². The lowest BCUT2D eigenvalue weighted by Crippen LogP contribution is -2.03. The third-order valence-electron chi connectivity index (χ3n) is 4.92. The van der Waals surface area contributed by atoms with Gasteiger partial charge in [0.25, 0.3) is 0 Å². The van der Waals surface area contributed by atoms with Gasteiger partial charge in [-0.3, -0.25) is 0 Å². The normalized spacial score (nSPS) is 10.6. The number of pyridine rings is 1. The van der Waals surface area contributed by atoms with E-state index in [9.17, 15) is 4.39 Å². The number of benzene rings is 3. The van der Waals surface area contributed by atoms with Crippen molar-refractivity contribution < 1.29 is 13.9 Å². The number of anilines is 1. The maximum absolute atomic E-state index is 13.9. The third-order valence-corrected chi connectivity index (χ3v) is 4.92. The van der Waals surface area contributed by atoms with Crippen molar-refractivity contribution in [1.82, 2.24) is 4.98 Å². The van der Waals surface area contributed by atoms with Gasteiger partial charge in [-0.15, -0.1) is 0 Å². The predicted molar refractivity (Wildman–Crippen MR) is 120 cm³/mol. The molecule has 0 radical (unpaired) electrons. The lowest BCUT2D eigenvalue weighted by molar-refractivity contribution is 0.268. The molecule has 1 aromatic heterocycles. The first-order chi connectivity index (χ1) is 15.1. The van der Waals surface area contributed by atoms with E-state index in [0.29, 0.717) is 25.0 Å². The Labute approximate surface area is 181 Å². The van der Waals surface area contributed by atoms with Gasteiger partial charge in [0.05, 0.1) is 5.69 Å². The highest BCUT2D eigenvalue weighted by atomic mass is 19.1. The van der Waals surface area contributed by atoms with E-state index in [1.165, 1.54) is 6.07 Å². The first-order valence-electron chi connectivity index (χ1n) is 10.0. The van der Waals surface area contributed by atoms with E-state index in [4.69, 9.17) is 15.2 Å². The number of rotatable bonds is 7. The molecule has 0 bridgehead atoms. The van der Waals surface area contributed by atoms with Gasteiger partial charge in [0.2, 0.25) is 11.8 Å². The van der Waals surface area contributed by atoms with Crippen LogP contribution in [-0.4, -0.2) is 4.98 Å². The molecule has 5 heteroatoms. The molecule has 0 unspecified atom stereocenters. The summed E-state index contributed by atoms with van der Waals surface area (Å²) in [5.74, 6) is 0.413. The number of hydrogen-bond acceptors (Lipinski definition) is 4. The Bertz CT molecular complexity index is 1160. The Morgan fingerprint density at radius 1 is 0.774 bits per heavy atom. The molecule has 0 saturated carbocycles. The van der Waals surface area contributed by atoms with Crippen LogP contribution in [0.25, 0.3) is 11.1 Å². The Balaban J connectivity index is 1.65. The van der Waals surface area contributed by atoms with Crippen molar-refractivity contribution in [1.29, 1.82) is 0 Å². The van der Waals surface area contributed by atoms with Crippen molar-refractivity contribution >= 4 is 5.69 Å². The van der Waals surface area contributed by atoms with Gasteiger partial charge in [0.15, 0.2) is 0 Å². The summed E-state index contributed by atoms with van der Waals surface area (Å²) in [4.78, 5) is 4.59. The van der Waals surface area contributed by atoms with E-state index in [-0.39, 0.29) is 5.69 Å². The minimum atomic E-state index is -0.441. The molecule has 4 aromatic rings. The molecule has 156 valence electrons. The molecular weight excluding hydrogens is 391 g/mol. The molecule has 0 spiro atoms. The fourth-order valence-corrected chi connectivity index (χ4v) is 3.26. The third kappa shape index (κ3) is 5.01. The smallest absolute Gasteiger partial charge is 0.225 e. The Morgan fingerprint density at radius 3 is 2.03 bits per heavy atom. The Hall–Kier alpha value is -3.86. The number of aryl methyl sites for hydroxylation is 1. The van der Waals surface area contributed by atoms with Crippen LogP contribution >= 0.6 is 0 Å². The molecule has 0 aliphatic carbocycles. The first kappa shape index (κ1) is 20.4. The number of nitrogens with zero attached hydrogens (tertiary/aromatic N) is 1. The van der Waals surface area contributed by atoms with Gasteiger partial charge in [-0.05, 0) is 47.4 Å². The first-order valence-corrected chi connectivity index (χ1v) is 10.0. The summed E-state index contributed by atoms with van der Waals surface area (Å²) in [7, 11) is 0. The standard InChI is InChI=1S/C26H23FN2O2/c1-18-14-23(27)24(28)15-22(18)21-12-13-25(30-16-19-8-4-2-5-9-19)29-26(21)31-17-20-10-6-3-7-11-20/h2-15H,16-17,28H2,1H3. The van der Waals surface area contributed by atoms with Crippen LogP contribution < -0.4 is 15.2 Å². The van der Waals surface area contributed by atoms with Crippen molar-refractivity contribution in [2.24, 2.45) is 0 Å². The summed E-state index contributed by atoms with van der Waals surface area (Å²) in [5.41, 5.74) is 10.2. The van der Waals surface area contributed by atoms with Gasteiger partial charge in [0.1, 0.15) is 19.0 Å². The van der Waals surface area contributed by atoms with Crippen LogP contribution in [0.4, 0.5) is 10.1 Å². The van der Waals surface area contributed by atoms with E-state index in [1.54, 1.807) is 12.1 Å².